The molecule has 0 bridgehead atoms. The highest BCUT2D eigenvalue weighted by Crippen LogP contribution is 2.36. The molecule has 2 aromatic rings. The Morgan fingerprint density at radius 2 is 1.14 bits per heavy atom. The Bertz CT molecular complexity index is 1240. The van der Waals surface area contributed by atoms with E-state index in [9.17, 15) is 22.4 Å². The highest BCUT2D eigenvalue weighted by atomic mass is 28.4. The predicted octanol–water partition coefficient (Wildman–Crippen LogP) is 6.65. The zero-order valence-electron chi connectivity index (χ0n) is 28.2. The average molecular weight is 690 g/mol. The van der Waals surface area contributed by atoms with Crippen LogP contribution in [-0.4, -0.2) is 79.2 Å². The molecule has 1 atom stereocenters. The van der Waals surface area contributed by atoms with E-state index in [0.717, 1.165) is 40.7 Å². The van der Waals surface area contributed by atoms with Crippen molar-refractivity contribution in [2.75, 3.05) is 33.3 Å². The van der Waals surface area contributed by atoms with Crippen LogP contribution < -0.4 is 20.5 Å². The van der Waals surface area contributed by atoms with Crippen LogP contribution in [0.15, 0.2) is 48.5 Å². The number of amides is 1. The highest BCUT2D eigenvalue weighted by Gasteiger charge is 2.59. The van der Waals surface area contributed by atoms with Crippen LogP contribution in [0.25, 0.3) is 0 Å². The quantitative estimate of drug-likeness (QED) is 0.155. The molecule has 2 rings (SSSR count). The molecule has 0 spiro atoms. The van der Waals surface area contributed by atoms with Gasteiger partial charge in [-0.15, -0.1) is 0 Å². The van der Waals surface area contributed by atoms with Crippen molar-refractivity contribution < 1.29 is 35.6 Å². The first-order valence-corrected chi connectivity index (χ1v) is 26.6. The van der Waals surface area contributed by atoms with Crippen molar-refractivity contribution in [2.45, 2.75) is 88.6 Å². The fourth-order valence-electron chi connectivity index (χ4n) is 5.42. The molecule has 1 amide bonds. The second-order valence-electron chi connectivity index (χ2n) is 13.8. The Kier molecular flexibility index (Phi) is 12.6. The molecule has 0 aliphatic carbocycles. The summed E-state index contributed by atoms with van der Waals surface area (Å²) < 4.78 is 70.6. The van der Waals surface area contributed by atoms with Gasteiger partial charge in [0.25, 0.3) is 11.6 Å². The number of nitrogens with zero attached hydrogens (tertiary/aromatic N) is 1. The molecule has 5 nitrogen and oxygen atoms in total. The van der Waals surface area contributed by atoms with E-state index in [1.54, 1.807) is 39.5 Å². The van der Waals surface area contributed by atoms with Crippen molar-refractivity contribution in [3.05, 3.63) is 48.5 Å². The Hall–Kier alpha value is -1.62. The Balaban J connectivity index is 2.13. The van der Waals surface area contributed by atoms with E-state index >= 15 is 0 Å². The molecule has 0 fully saturated rings. The van der Waals surface area contributed by atoms with Gasteiger partial charge in [-0.1, -0.05) is 116 Å². The van der Waals surface area contributed by atoms with E-state index in [-0.39, 0.29) is 12.6 Å². The van der Waals surface area contributed by atoms with Gasteiger partial charge in [0.1, 0.15) is 0 Å². The lowest BCUT2D eigenvalue weighted by atomic mass is 10.1. The number of carbonyl (C=O) groups is 1. The van der Waals surface area contributed by atoms with Gasteiger partial charge in [0.05, 0.1) is 24.2 Å². The molecule has 0 saturated heterocycles. The van der Waals surface area contributed by atoms with Gasteiger partial charge in [0, 0.05) is 40.1 Å². The van der Waals surface area contributed by atoms with E-state index in [0.29, 0.717) is 0 Å². The summed E-state index contributed by atoms with van der Waals surface area (Å²) in [7, 11) is -1.94. The van der Waals surface area contributed by atoms with E-state index in [2.05, 4.69) is 63.5 Å². The maximum absolute atomic E-state index is 14.4. The zero-order valence-corrected chi connectivity index (χ0v) is 32.2. The summed E-state index contributed by atoms with van der Waals surface area (Å²) in [5.41, 5.74) is -3.70. The lowest BCUT2D eigenvalue weighted by molar-refractivity contribution is -0.219. The van der Waals surface area contributed by atoms with Crippen LogP contribution in [-0.2, 0) is 18.1 Å². The first-order valence-electron chi connectivity index (χ1n) is 15.0. The lowest BCUT2D eigenvalue weighted by Gasteiger charge is -2.32. The fourth-order valence-corrected chi connectivity index (χ4v) is 17.6. The third-order valence-electron chi connectivity index (χ3n) is 9.29. The molecule has 1 unspecified atom stereocenters. The molecule has 0 aliphatic rings. The third kappa shape index (κ3) is 9.01. The molecule has 248 valence electrons. The first kappa shape index (κ1) is 38.6. The molecule has 0 heterocycles. The molecule has 2 aromatic carbocycles. The van der Waals surface area contributed by atoms with Crippen LogP contribution in [0, 0.1) is 0 Å². The monoisotopic (exact) mass is 689 g/mol. The zero-order chi connectivity index (χ0) is 33.8. The van der Waals surface area contributed by atoms with E-state index in [1.807, 2.05) is 6.07 Å². The van der Waals surface area contributed by atoms with Gasteiger partial charge in [-0.3, -0.25) is 4.79 Å². The maximum atomic E-state index is 14.4. The highest BCUT2D eigenvalue weighted by molar-refractivity contribution is 6.94. The second-order valence-corrected chi connectivity index (χ2v) is 31.4. The van der Waals surface area contributed by atoms with Crippen LogP contribution in [0.5, 0.6) is 0 Å². The number of benzene rings is 2. The van der Waals surface area contributed by atoms with Gasteiger partial charge in [-0.2, -0.15) is 13.2 Å². The SMILES string of the molecule is CO[Si](CCC[Si](C)(C)c1ccc([Si](C)(C)CC[Si](C)(C)c2cccc(N(C)C(=O)C(C)(F)C(F)(F)F)c2)cc1)(OC)OC. The molecule has 0 saturated carbocycles. The first-order chi connectivity index (χ1) is 20.1. The van der Waals surface area contributed by atoms with Crippen LogP contribution in [0.3, 0.4) is 0 Å². The molecule has 0 aromatic heterocycles. The minimum atomic E-state index is -5.29. The molecule has 13 heteroatoms. The van der Waals surface area contributed by atoms with Crippen LogP contribution in [0.4, 0.5) is 23.2 Å². The van der Waals surface area contributed by atoms with Gasteiger partial charge in [-0.05, 0) is 19.1 Å². The predicted molar refractivity (Wildman–Crippen MR) is 184 cm³/mol. The molecule has 44 heavy (non-hydrogen) atoms. The van der Waals surface area contributed by atoms with Gasteiger partial charge in [0.15, 0.2) is 0 Å². The Morgan fingerprint density at radius 3 is 1.57 bits per heavy atom. The second kappa shape index (κ2) is 14.4. The van der Waals surface area contributed by atoms with Crippen molar-refractivity contribution in [3.63, 3.8) is 0 Å². The van der Waals surface area contributed by atoms with Gasteiger partial charge in [0.2, 0.25) is 0 Å². The Morgan fingerprint density at radius 1 is 0.705 bits per heavy atom. The number of alkyl halides is 4. The minimum absolute atomic E-state index is 0.264. The van der Waals surface area contributed by atoms with E-state index < -0.39 is 50.8 Å². The van der Waals surface area contributed by atoms with Crippen LogP contribution in [0.1, 0.15) is 13.3 Å². The summed E-state index contributed by atoms with van der Waals surface area (Å²) in [6.07, 6.45) is -4.30. The largest absolute Gasteiger partial charge is 0.500 e. The minimum Gasteiger partial charge on any atom is -0.377 e. The summed E-state index contributed by atoms with van der Waals surface area (Å²) in [5.74, 6) is -1.63. The van der Waals surface area contributed by atoms with Crippen molar-refractivity contribution >= 4 is 60.2 Å². The summed E-state index contributed by atoms with van der Waals surface area (Å²) in [6, 6.07) is 20.2. The van der Waals surface area contributed by atoms with Crippen molar-refractivity contribution in [3.8, 4) is 0 Å². The van der Waals surface area contributed by atoms with Crippen molar-refractivity contribution in [2.24, 2.45) is 0 Å². The third-order valence-corrected chi connectivity index (χ3v) is 22.9. The molecule has 0 aliphatic heterocycles. The normalized spacial score (nSPS) is 14.8. The number of hydrogen-bond donors (Lipinski definition) is 0. The van der Waals surface area contributed by atoms with E-state index in [1.165, 1.54) is 17.4 Å². The summed E-state index contributed by atoms with van der Waals surface area (Å²) in [4.78, 5) is 13.2. The number of halogens is 4. The van der Waals surface area contributed by atoms with Crippen molar-refractivity contribution in [1.82, 2.24) is 0 Å². The number of carbonyl (C=O) groups excluding carboxylic acids is 1. The summed E-state index contributed by atoms with van der Waals surface area (Å²) in [6.45, 7) is 14.3. The number of hydrogen-bond acceptors (Lipinski definition) is 4. The average Bonchev–Trinajstić information content (AvgIpc) is 2.97. The smallest absolute Gasteiger partial charge is 0.377 e. The van der Waals surface area contributed by atoms with Crippen molar-refractivity contribution in [1.29, 1.82) is 0 Å². The lowest BCUT2D eigenvalue weighted by Crippen LogP contribution is -2.52. The fraction of sp³-hybridized carbons (Fsp3) is 0.581. The molecule has 0 N–H and O–H groups in total. The van der Waals surface area contributed by atoms with Gasteiger partial charge < -0.3 is 18.2 Å². The molecular formula is C31H51F4NO4Si4. The Labute approximate surface area is 265 Å². The van der Waals surface area contributed by atoms with Crippen LogP contribution in [0.2, 0.25) is 63.5 Å². The standard InChI is InChI=1S/C31H51F4NO4Si4/c1-30(32,31(33,34)35)29(37)36(2)25-14-12-15-28(24-25)43(10,11)23-22-42(8,9)27-18-16-26(17-19-27)41(6,7)20-13-21-44(38-3,39-4)40-5/h12,14-19,24H,13,20-23H2,1-11H3. The number of anilines is 1. The molecular weight excluding hydrogens is 639 g/mol. The summed E-state index contributed by atoms with van der Waals surface area (Å²) in [5, 5.41) is 3.84. The van der Waals surface area contributed by atoms with Crippen LogP contribution >= 0.6 is 0 Å². The van der Waals surface area contributed by atoms with E-state index in [4.69, 9.17) is 13.3 Å². The topological polar surface area (TPSA) is 48.0 Å². The molecule has 0 radical (unpaired) electrons. The number of rotatable bonds is 15. The maximum Gasteiger partial charge on any atom is 0.500 e. The van der Waals surface area contributed by atoms with Gasteiger partial charge in [-0.25, -0.2) is 4.39 Å². The summed E-state index contributed by atoms with van der Waals surface area (Å²) >= 11 is 0. The van der Waals surface area contributed by atoms with Gasteiger partial charge >= 0.3 is 15.0 Å².